The number of hydrogen-bond acceptors (Lipinski definition) is 4. The summed E-state index contributed by atoms with van der Waals surface area (Å²) < 4.78 is 1.99. The second-order valence-corrected chi connectivity index (χ2v) is 7.05. The molecular weight excluding hydrogens is 368 g/mol. The van der Waals surface area contributed by atoms with Gasteiger partial charge in [0.05, 0.1) is 16.6 Å². The molecule has 0 bridgehead atoms. The molecule has 7 heteroatoms. The van der Waals surface area contributed by atoms with Crippen LogP contribution >= 0.6 is 0 Å². The lowest BCUT2D eigenvalue weighted by Gasteiger charge is -2.14. The van der Waals surface area contributed by atoms with Crippen LogP contribution in [0.1, 0.15) is 26.2 Å². The van der Waals surface area contributed by atoms with Gasteiger partial charge >= 0.3 is 5.97 Å². The quantitative estimate of drug-likeness (QED) is 0.503. The Hall–Kier alpha value is -3.48. The molecule has 0 aliphatic rings. The molecule has 2 aromatic carbocycles. The van der Waals surface area contributed by atoms with E-state index in [0.29, 0.717) is 19.4 Å². The maximum atomic E-state index is 12.4. The largest absolute Gasteiger partial charge is 0.480 e. The number of carboxylic acid groups (broad SMARTS) is 1. The molecule has 148 valence electrons. The van der Waals surface area contributed by atoms with Crippen LogP contribution in [0.5, 0.6) is 0 Å². The summed E-state index contributed by atoms with van der Waals surface area (Å²) in [6, 6.07) is 14.7. The van der Waals surface area contributed by atoms with Crippen LogP contribution in [0.4, 0.5) is 0 Å². The summed E-state index contributed by atoms with van der Waals surface area (Å²) in [5.41, 5.74) is 4.09. The molecule has 0 aliphatic heterocycles. The fourth-order valence-corrected chi connectivity index (χ4v) is 3.64. The molecule has 7 nitrogen and oxygen atoms in total. The first kappa shape index (κ1) is 18.9. The molecule has 0 fully saturated rings. The Morgan fingerprint density at radius 3 is 2.48 bits per heavy atom. The third kappa shape index (κ3) is 3.63. The van der Waals surface area contributed by atoms with Gasteiger partial charge in [-0.2, -0.15) is 0 Å². The van der Waals surface area contributed by atoms with Gasteiger partial charge in [0.1, 0.15) is 11.6 Å². The zero-order chi connectivity index (χ0) is 20.4. The third-order valence-corrected chi connectivity index (χ3v) is 5.03. The summed E-state index contributed by atoms with van der Waals surface area (Å²) in [5, 5.41) is 12.9. The van der Waals surface area contributed by atoms with Crippen molar-refractivity contribution in [1.82, 2.24) is 19.9 Å². The minimum absolute atomic E-state index is 0.162. The van der Waals surface area contributed by atoms with Crippen molar-refractivity contribution in [3.63, 3.8) is 0 Å². The average Bonchev–Trinajstić information content (AvgIpc) is 3.03. The van der Waals surface area contributed by atoms with E-state index in [4.69, 9.17) is 9.97 Å². The molecule has 0 saturated carbocycles. The van der Waals surface area contributed by atoms with Crippen molar-refractivity contribution in [3.8, 4) is 0 Å². The number of fused-ring (bicyclic) bond motifs is 4. The van der Waals surface area contributed by atoms with Crippen LogP contribution in [0.15, 0.2) is 48.5 Å². The topological polar surface area (TPSA) is 97.1 Å². The first-order chi connectivity index (χ1) is 14.1. The first-order valence-electron chi connectivity index (χ1n) is 9.74. The van der Waals surface area contributed by atoms with E-state index < -0.39 is 12.0 Å². The summed E-state index contributed by atoms with van der Waals surface area (Å²) in [6.45, 7) is 2.28. The summed E-state index contributed by atoms with van der Waals surface area (Å²) in [4.78, 5) is 33.3. The van der Waals surface area contributed by atoms with Gasteiger partial charge in [-0.1, -0.05) is 43.7 Å². The smallest absolute Gasteiger partial charge is 0.326 e. The SMILES string of the molecule is CCCC(NC(=O)CCn1c2ccccc2c2nc3ccccc3nc21)C(=O)O. The van der Waals surface area contributed by atoms with Crippen molar-refractivity contribution >= 4 is 45.0 Å². The van der Waals surface area contributed by atoms with Crippen molar-refractivity contribution in [3.05, 3.63) is 48.5 Å². The fourth-order valence-electron chi connectivity index (χ4n) is 3.64. The van der Waals surface area contributed by atoms with Crippen LogP contribution in [0.3, 0.4) is 0 Å². The number of benzene rings is 2. The first-order valence-corrected chi connectivity index (χ1v) is 9.74. The van der Waals surface area contributed by atoms with Gasteiger partial charge in [-0.3, -0.25) is 4.79 Å². The van der Waals surface area contributed by atoms with E-state index in [1.165, 1.54) is 0 Å². The number of nitrogens with zero attached hydrogens (tertiary/aromatic N) is 3. The molecule has 0 spiro atoms. The van der Waals surface area contributed by atoms with Crippen LogP contribution in [0.25, 0.3) is 33.1 Å². The van der Waals surface area contributed by atoms with Crippen LogP contribution in [-0.2, 0) is 16.1 Å². The number of amides is 1. The molecule has 4 aromatic rings. The van der Waals surface area contributed by atoms with E-state index >= 15 is 0 Å². The van der Waals surface area contributed by atoms with Crippen molar-refractivity contribution in [2.45, 2.75) is 38.8 Å². The van der Waals surface area contributed by atoms with E-state index in [2.05, 4.69) is 5.32 Å². The Labute approximate surface area is 167 Å². The summed E-state index contributed by atoms with van der Waals surface area (Å²) in [5.74, 6) is -1.29. The van der Waals surface area contributed by atoms with Crippen molar-refractivity contribution in [2.24, 2.45) is 0 Å². The highest BCUT2D eigenvalue weighted by atomic mass is 16.4. The molecular formula is C22H22N4O3. The van der Waals surface area contributed by atoms with Gasteiger partial charge < -0.3 is 15.0 Å². The zero-order valence-electron chi connectivity index (χ0n) is 16.1. The predicted molar refractivity (Wildman–Crippen MR) is 112 cm³/mol. The Morgan fingerprint density at radius 2 is 1.76 bits per heavy atom. The van der Waals surface area contributed by atoms with Crippen molar-refractivity contribution in [2.75, 3.05) is 0 Å². The summed E-state index contributed by atoms with van der Waals surface area (Å²) in [6.07, 6.45) is 1.26. The van der Waals surface area contributed by atoms with Gasteiger partial charge in [0, 0.05) is 18.4 Å². The fraction of sp³-hybridized carbons (Fsp3) is 0.273. The molecule has 0 saturated heterocycles. The van der Waals surface area contributed by atoms with Gasteiger partial charge in [-0.05, 0) is 24.6 Å². The van der Waals surface area contributed by atoms with Crippen LogP contribution < -0.4 is 5.32 Å². The van der Waals surface area contributed by atoms with Gasteiger partial charge in [0.15, 0.2) is 5.65 Å². The highest BCUT2D eigenvalue weighted by Crippen LogP contribution is 2.28. The Bertz CT molecular complexity index is 1210. The molecule has 2 N–H and O–H groups in total. The third-order valence-electron chi connectivity index (χ3n) is 5.03. The Kier molecular flexibility index (Phi) is 5.12. The van der Waals surface area contributed by atoms with E-state index in [-0.39, 0.29) is 12.3 Å². The minimum Gasteiger partial charge on any atom is -0.480 e. The maximum absolute atomic E-state index is 12.4. The second kappa shape index (κ2) is 7.87. The molecule has 0 aliphatic carbocycles. The lowest BCUT2D eigenvalue weighted by atomic mass is 10.1. The van der Waals surface area contributed by atoms with E-state index in [0.717, 1.165) is 33.1 Å². The number of aryl methyl sites for hydroxylation is 1. The van der Waals surface area contributed by atoms with Crippen molar-refractivity contribution < 1.29 is 14.7 Å². The summed E-state index contributed by atoms with van der Waals surface area (Å²) in [7, 11) is 0. The standard InChI is InChI=1S/C22H22N4O3/c1-2-7-17(22(28)29)23-19(27)12-13-26-18-11-6-3-8-14(18)20-21(26)25-16-10-5-4-9-15(16)24-20/h3-6,8-11,17H,2,7,12-13H2,1H3,(H,23,27)(H,28,29). The molecule has 1 amide bonds. The normalized spacial score (nSPS) is 12.4. The highest BCUT2D eigenvalue weighted by molar-refractivity contribution is 6.06. The number of carbonyl (C=O) groups excluding carboxylic acids is 1. The van der Waals surface area contributed by atoms with Gasteiger partial charge in [0.25, 0.3) is 0 Å². The lowest BCUT2D eigenvalue weighted by Crippen LogP contribution is -2.40. The van der Waals surface area contributed by atoms with Gasteiger partial charge in [-0.15, -0.1) is 0 Å². The maximum Gasteiger partial charge on any atom is 0.326 e. The van der Waals surface area contributed by atoms with Crippen LogP contribution in [-0.4, -0.2) is 37.6 Å². The number of nitrogens with one attached hydrogen (secondary N) is 1. The molecule has 2 aromatic heterocycles. The van der Waals surface area contributed by atoms with E-state index in [1.807, 2.05) is 60.0 Å². The molecule has 29 heavy (non-hydrogen) atoms. The molecule has 2 heterocycles. The summed E-state index contributed by atoms with van der Waals surface area (Å²) >= 11 is 0. The number of aliphatic carboxylic acids is 1. The second-order valence-electron chi connectivity index (χ2n) is 7.05. The molecule has 0 radical (unpaired) electrons. The van der Waals surface area contributed by atoms with E-state index in [1.54, 1.807) is 0 Å². The highest BCUT2D eigenvalue weighted by Gasteiger charge is 2.20. The Morgan fingerprint density at radius 1 is 1.07 bits per heavy atom. The number of para-hydroxylation sites is 3. The Balaban J connectivity index is 1.68. The van der Waals surface area contributed by atoms with Crippen LogP contribution in [0, 0.1) is 0 Å². The van der Waals surface area contributed by atoms with E-state index in [9.17, 15) is 14.7 Å². The van der Waals surface area contributed by atoms with Gasteiger partial charge in [-0.25, -0.2) is 14.8 Å². The number of rotatable bonds is 7. The minimum atomic E-state index is -1.01. The number of carbonyl (C=O) groups is 2. The number of hydrogen-bond donors (Lipinski definition) is 2. The molecule has 1 atom stereocenters. The zero-order valence-corrected chi connectivity index (χ0v) is 16.1. The predicted octanol–water partition coefficient (Wildman–Crippen LogP) is 3.50. The molecule has 4 rings (SSSR count). The van der Waals surface area contributed by atoms with Gasteiger partial charge in [0.2, 0.25) is 5.91 Å². The number of carboxylic acids is 1. The van der Waals surface area contributed by atoms with Crippen molar-refractivity contribution in [1.29, 1.82) is 0 Å². The number of aromatic nitrogens is 3. The monoisotopic (exact) mass is 390 g/mol. The average molecular weight is 390 g/mol. The lowest BCUT2D eigenvalue weighted by molar-refractivity contribution is -0.142. The van der Waals surface area contributed by atoms with Crippen LogP contribution in [0.2, 0.25) is 0 Å². The molecule has 1 unspecified atom stereocenters.